The van der Waals surface area contributed by atoms with Crippen molar-refractivity contribution >= 4 is 17.7 Å². The van der Waals surface area contributed by atoms with E-state index in [0.717, 1.165) is 18.8 Å². The van der Waals surface area contributed by atoms with Gasteiger partial charge in [-0.2, -0.15) is 11.8 Å². The molecule has 17 heavy (non-hydrogen) atoms. The Hall–Kier alpha value is -0.220. The zero-order chi connectivity index (χ0) is 13.0. The summed E-state index contributed by atoms with van der Waals surface area (Å²) in [4.78, 5) is 16.3. The normalized spacial score (nSPS) is 21.6. The molecule has 0 bridgehead atoms. The van der Waals surface area contributed by atoms with Gasteiger partial charge >= 0.3 is 0 Å². The molecule has 1 amide bonds. The molecule has 4 heteroatoms. The lowest BCUT2D eigenvalue weighted by atomic mass is 10.1. The Labute approximate surface area is 110 Å². The molecule has 0 unspecified atom stereocenters. The Bertz CT molecular complexity index is 256. The predicted octanol–water partition coefficient (Wildman–Crippen LogP) is 1.93. The van der Waals surface area contributed by atoms with E-state index in [4.69, 9.17) is 0 Å². The predicted molar refractivity (Wildman–Crippen MR) is 75.4 cm³/mol. The molecule has 1 saturated heterocycles. The highest BCUT2D eigenvalue weighted by molar-refractivity contribution is 8.00. The molecule has 1 heterocycles. The summed E-state index contributed by atoms with van der Waals surface area (Å²) < 4.78 is 0. The van der Waals surface area contributed by atoms with Crippen LogP contribution in [0, 0.1) is 5.92 Å². The third-order valence-corrected chi connectivity index (χ3v) is 5.00. The highest BCUT2D eigenvalue weighted by atomic mass is 32.2. The summed E-state index contributed by atoms with van der Waals surface area (Å²) in [5, 5.41) is 0.608. The number of amides is 1. The van der Waals surface area contributed by atoms with Crippen molar-refractivity contribution in [2.75, 3.05) is 32.4 Å². The SMILES string of the molecule is CC(C)[C@@H]1CN(C(=O)CN(C)C(C)C)CCS1. The van der Waals surface area contributed by atoms with Gasteiger partial charge < -0.3 is 4.90 Å². The van der Waals surface area contributed by atoms with Crippen LogP contribution in [0.5, 0.6) is 0 Å². The number of carbonyl (C=O) groups excluding carboxylic acids is 1. The average Bonchev–Trinajstić information content (AvgIpc) is 2.28. The molecule has 1 aliphatic rings. The molecule has 0 aromatic heterocycles. The Morgan fingerprint density at radius 1 is 1.41 bits per heavy atom. The maximum atomic E-state index is 12.2. The second-order valence-electron chi connectivity index (χ2n) is 5.50. The minimum atomic E-state index is 0.284. The van der Waals surface area contributed by atoms with Crippen molar-refractivity contribution in [2.24, 2.45) is 5.92 Å². The topological polar surface area (TPSA) is 23.6 Å². The second-order valence-corrected chi connectivity index (χ2v) is 6.85. The molecule has 0 N–H and O–H groups in total. The van der Waals surface area contributed by atoms with Gasteiger partial charge in [0.15, 0.2) is 0 Å². The molecule has 1 rings (SSSR count). The summed E-state index contributed by atoms with van der Waals surface area (Å²) in [6, 6.07) is 0.430. The molecule has 0 aromatic rings. The molecule has 3 nitrogen and oxygen atoms in total. The minimum Gasteiger partial charge on any atom is -0.340 e. The quantitative estimate of drug-likeness (QED) is 0.770. The van der Waals surface area contributed by atoms with E-state index in [0.29, 0.717) is 23.8 Å². The Balaban J connectivity index is 2.46. The maximum absolute atomic E-state index is 12.2. The third kappa shape index (κ3) is 4.51. The summed E-state index contributed by atoms with van der Waals surface area (Å²) in [5.41, 5.74) is 0. The largest absolute Gasteiger partial charge is 0.340 e. The monoisotopic (exact) mass is 258 g/mol. The van der Waals surface area contributed by atoms with E-state index in [1.807, 2.05) is 23.7 Å². The summed E-state index contributed by atoms with van der Waals surface area (Å²) >= 11 is 2.01. The number of nitrogens with zero attached hydrogens (tertiary/aromatic N) is 2. The lowest BCUT2D eigenvalue weighted by Gasteiger charge is -2.35. The van der Waals surface area contributed by atoms with Crippen LogP contribution in [0.3, 0.4) is 0 Å². The Kier molecular flexibility index (Phi) is 5.80. The lowest BCUT2D eigenvalue weighted by molar-refractivity contribution is -0.132. The summed E-state index contributed by atoms with van der Waals surface area (Å²) in [6.07, 6.45) is 0. The van der Waals surface area contributed by atoms with E-state index in [1.54, 1.807) is 0 Å². The van der Waals surface area contributed by atoms with Gasteiger partial charge in [0.05, 0.1) is 6.54 Å². The molecule has 100 valence electrons. The molecule has 1 aliphatic heterocycles. The van der Waals surface area contributed by atoms with E-state index < -0.39 is 0 Å². The molecule has 1 fully saturated rings. The highest BCUT2D eigenvalue weighted by Gasteiger charge is 2.26. The first kappa shape index (κ1) is 14.8. The van der Waals surface area contributed by atoms with Crippen LogP contribution in [0.1, 0.15) is 27.7 Å². The van der Waals surface area contributed by atoms with Crippen LogP contribution in [0.25, 0.3) is 0 Å². The fraction of sp³-hybridized carbons (Fsp3) is 0.923. The molecular formula is C13H26N2OS. The zero-order valence-electron chi connectivity index (χ0n) is 11.8. The first-order valence-corrected chi connectivity index (χ1v) is 7.56. The minimum absolute atomic E-state index is 0.284. The fourth-order valence-corrected chi connectivity index (χ4v) is 3.10. The van der Waals surface area contributed by atoms with Gasteiger partial charge in [-0.15, -0.1) is 0 Å². The standard InChI is InChI=1S/C13H26N2OS/c1-10(2)12-8-15(6-7-17-12)13(16)9-14(5)11(3)4/h10-12H,6-9H2,1-5H3/t12-/m0/s1. The van der Waals surface area contributed by atoms with Crippen molar-refractivity contribution in [3.05, 3.63) is 0 Å². The van der Waals surface area contributed by atoms with Crippen molar-refractivity contribution in [1.82, 2.24) is 9.80 Å². The van der Waals surface area contributed by atoms with Gasteiger partial charge in [0.2, 0.25) is 5.91 Å². The van der Waals surface area contributed by atoms with Crippen LogP contribution in [-0.2, 0) is 4.79 Å². The first-order chi connectivity index (χ1) is 7.91. The summed E-state index contributed by atoms with van der Waals surface area (Å²) in [7, 11) is 2.02. The van der Waals surface area contributed by atoms with Crippen molar-refractivity contribution in [2.45, 2.75) is 39.0 Å². The molecule has 0 aliphatic carbocycles. The van der Waals surface area contributed by atoms with Crippen LogP contribution in [-0.4, -0.2) is 59.4 Å². The van der Waals surface area contributed by atoms with Crippen LogP contribution >= 0.6 is 11.8 Å². The van der Waals surface area contributed by atoms with Gasteiger partial charge in [-0.25, -0.2) is 0 Å². The number of carbonyl (C=O) groups is 1. The molecular weight excluding hydrogens is 232 g/mol. The van der Waals surface area contributed by atoms with Gasteiger partial charge in [0, 0.05) is 30.1 Å². The average molecular weight is 258 g/mol. The first-order valence-electron chi connectivity index (χ1n) is 6.51. The molecule has 0 spiro atoms. The smallest absolute Gasteiger partial charge is 0.236 e. The van der Waals surface area contributed by atoms with Crippen LogP contribution in [0.2, 0.25) is 0 Å². The van der Waals surface area contributed by atoms with Crippen molar-refractivity contribution in [3.63, 3.8) is 0 Å². The van der Waals surface area contributed by atoms with Gasteiger partial charge in [-0.05, 0) is 26.8 Å². The maximum Gasteiger partial charge on any atom is 0.236 e. The van der Waals surface area contributed by atoms with Gasteiger partial charge in [-0.3, -0.25) is 9.69 Å². The molecule has 0 radical (unpaired) electrons. The van der Waals surface area contributed by atoms with Crippen molar-refractivity contribution < 1.29 is 4.79 Å². The molecule has 1 atom stereocenters. The van der Waals surface area contributed by atoms with Crippen molar-refractivity contribution in [1.29, 1.82) is 0 Å². The number of rotatable bonds is 4. The summed E-state index contributed by atoms with van der Waals surface area (Å²) in [5.74, 6) is 2.02. The molecule has 0 aromatic carbocycles. The van der Waals surface area contributed by atoms with E-state index in [2.05, 4.69) is 32.6 Å². The van der Waals surface area contributed by atoms with Crippen molar-refractivity contribution in [3.8, 4) is 0 Å². The Morgan fingerprint density at radius 3 is 2.59 bits per heavy atom. The number of thioether (sulfide) groups is 1. The lowest BCUT2D eigenvalue weighted by Crippen LogP contribution is -2.47. The Morgan fingerprint density at radius 2 is 2.06 bits per heavy atom. The third-order valence-electron chi connectivity index (χ3n) is 3.46. The number of hydrogen-bond acceptors (Lipinski definition) is 3. The van der Waals surface area contributed by atoms with E-state index in [-0.39, 0.29) is 5.91 Å². The van der Waals surface area contributed by atoms with Gasteiger partial charge in [-0.1, -0.05) is 13.8 Å². The van der Waals surface area contributed by atoms with Crippen LogP contribution < -0.4 is 0 Å². The number of likely N-dealkylation sites (N-methyl/N-ethyl adjacent to an activating group) is 1. The second kappa shape index (κ2) is 6.64. The summed E-state index contributed by atoms with van der Waals surface area (Å²) in [6.45, 7) is 11.1. The zero-order valence-corrected chi connectivity index (χ0v) is 12.6. The van der Waals surface area contributed by atoms with Crippen LogP contribution in [0.4, 0.5) is 0 Å². The number of hydrogen-bond donors (Lipinski definition) is 0. The van der Waals surface area contributed by atoms with Gasteiger partial charge in [0.1, 0.15) is 0 Å². The molecule has 0 saturated carbocycles. The van der Waals surface area contributed by atoms with Crippen LogP contribution in [0.15, 0.2) is 0 Å². The highest BCUT2D eigenvalue weighted by Crippen LogP contribution is 2.24. The van der Waals surface area contributed by atoms with E-state index in [9.17, 15) is 4.79 Å². The van der Waals surface area contributed by atoms with E-state index in [1.165, 1.54) is 0 Å². The fourth-order valence-electron chi connectivity index (χ4n) is 1.80. The van der Waals surface area contributed by atoms with Gasteiger partial charge in [0.25, 0.3) is 0 Å². The van der Waals surface area contributed by atoms with E-state index >= 15 is 0 Å².